The van der Waals surface area contributed by atoms with Crippen LogP contribution < -0.4 is 0 Å². The van der Waals surface area contributed by atoms with Crippen molar-refractivity contribution in [3.05, 3.63) is 11.6 Å². The summed E-state index contributed by atoms with van der Waals surface area (Å²) in [6.07, 6.45) is 1.95. The lowest BCUT2D eigenvalue weighted by Gasteiger charge is -2.71. The Morgan fingerprint density at radius 2 is 1.58 bits per heavy atom. The third-order valence-electron chi connectivity index (χ3n) is 14.7. The van der Waals surface area contributed by atoms with E-state index >= 15 is 0 Å². The van der Waals surface area contributed by atoms with Gasteiger partial charge in [-0.2, -0.15) is 0 Å². The SMILES string of the molecule is C/C(=C\CC[C@@](C)(O[C@@H]1O[C@H](CO)[C@@H](O)[C@H](O)[C@H]1O)[C@H]1CC[C@]2(C)[C@@H]1CC[C@@H]1[C@@]3(C)CC[C@H](O)C(C)(C)[C@@H]3[C@@H](O)C[C@]12C)CO. The van der Waals surface area contributed by atoms with Crippen LogP contribution in [0.1, 0.15) is 106 Å². The molecule has 1 heterocycles. The van der Waals surface area contributed by atoms with Crippen molar-refractivity contribution in [3.63, 3.8) is 0 Å². The Kier molecular flexibility index (Phi) is 9.80. The molecule has 7 N–H and O–H groups in total. The molecule has 260 valence electrons. The van der Waals surface area contributed by atoms with Crippen molar-refractivity contribution in [1.29, 1.82) is 0 Å². The second-order valence-corrected chi connectivity index (χ2v) is 17.2. The van der Waals surface area contributed by atoms with Crippen molar-refractivity contribution in [2.24, 2.45) is 45.3 Å². The van der Waals surface area contributed by atoms with Gasteiger partial charge in [0.25, 0.3) is 0 Å². The highest BCUT2D eigenvalue weighted by molar-refractivity contribution is 5.20. The summed E-state index contributed by atoms with van der Waals surface area (Å²) >= 11 is 0. The largest absolute Gasteiger partial charge is 0.394 e. The molecule has 45 heavy (non-hydrogen) atoms. The molecular formula is C36H62O9. The molecule has 5 aliphatic rings. The highest BCUT2D eigenvalue weighted by Gasteiger charge is 2.71. The first-order valence-electron chi connectivity index (χ1n) is 17.5. The van der Waals surface area contributed by atoms with E-state index in [-0.39, 0.29) is 46.0 Å². The van der Waals surface area contributed by atoms with Gasteiger partial charge in [0.15, 0.2) is 6.29 Å². The maximum absolute atomic E-state index is 11.9. The number of fused-ring (bicyclic) bond motifs is 5. The molecule has 9 heteroatoms. The topological polar surface area (TPSA) is 160 Å². The van der Waals surface area contributed by atoms with Crippen molar-refractivity contribution in [3.8, 4) is 0 Å². The van der Waals surface area contributed by atoms with E-state index < -0.39 is 55.1 Å². The molecule has 4 saturated carbocycles. The number of ether oxygens (including phenoxy) is 2. The van der Waals surface area contributed by atoms with Gasteiger partial charge in [0.1, 0.15) is 24.4 Å². The third kappa shape index (κ3) is 5.48. The fourth-order valence-electron chi connectivity index (χ4n) is 12.1. The highest BCUT2D eigenvalue weighted by atomic mass is 16.7. The Balaban J connectivity index is 1.47. The Bertz CT molecular complexity index is 1090. The lowest BCUT2D eigenvalue weighted by molar-refractivity contribution is -0.334. The van der Waals surface area contributed by atoms with E-state index in [1.165, 1.54) is 0 Å². The van der Waals surface area contributed by atoms with Crippen LogP contribution in [0.5, 0.6) is 0 Å². The zero-order chi connectivity index (χ0) is 33.3. The third-order valence-corrected chi connectivity index (χ3v) is 14.7. The van der Waals surface area contributed by atoms with Gasteiger partial charge in [-0.25, -0.2) is 0 Å². The summed E-state index contributed by atoms with van der Waals surface area (Å²) in [6, 6.07) is 0. The number of hydrogen-bond acceptors (Lipinski definition) is 9. The van der Waals surface area contributed by atoms with Crippen molar-refractivity contribution >= 4 is 0 Å². The summed E-state index contributed by atoms with van der Waals surface area (Å²) in [5.74, 6) is 0.831. The fourth-order valence-corrected chi connectivity index (χ4v) is 12.1. The number of aliphatic hydroxyl groups excluding tert-OH is 7. The van der Waals surface area contributed by atoms with E-state index in [1.54, 1.807) is 0 Å². The molecule has 15 atom stereocenters. The molecule has 0 aromatic carbocycles. The maximum atomic E-state index is 11.9. The smallest absolute Gasteiger partial charge is 0.187 e. The molecule has 0 radical (unpaired) electrons. The molecule has 5 rings (SSSR count). The number of hydrogen-bond donors (Lipinski definition) is 7. The second-order valence-electron chi connectivity index (χ2n) is 17.2. The Morgan fingerprint density at radius 1 is 0.889 bits per heavy atom. The van der Waals surface area contributed by atoms with E-state index in [1.807, 2.05) is 13.0 Å². The zero-order valence-electron chi connectivity index (χ0n) is 28.7. The van der Waals surface area contributed by atoms with Crippen LogP contribution in [0.3, 0.4) is 0 Å². The first-order valence-corrected chi connectivity index (χ1v) is 17.5. The maximum Gasteiger partial charge on any atom is 0.187 e. The highest BCUT2D eigenvalue weighted by Crippen LogP contribution is 2.76. The van der Waals surface area contributed by atoms with Gasteiger partial charge in [-0.05, 0) is 117 Å². The number of allylic oxidation sites excluding steroid dienone is 1. The molecular weight excluding hydrogens is 576 g/mol. The summed E-state index contributed by atoms with van der Waals surface area (Å²) in [6.45, 7) is 14.9. The quantitative estimate of drug-likeness (QED) is 0.198. The molecule has 0 amide bonds. The second kappa shape index (κ2) is 12.4. The van der Waals surface area contributed by atoms with Crippen LogP contribution >= 0.6 is 0 Å². The molecule has 0 unspecified atom stereocenters. The molecule has 1 aliphatic heterocycles. The lowest BCUT2D eigenvalue weighted by Crippen LogP contribution is -2.68. The Labute approximate surface area is 270 Å². The monoisotopic (exact) mass is 638 g/mol. The van der Waals surface area contributed by atoms with Crippen molar-refractivity contribution in [2.45, 2.75) is 155 Å². The minimum atomic E-state index is -1.51. The molecule has 0 aromatic rings. The molecule has 4 aliphatic carbocycles. The van der Waals surface area contributed by atoms with Crippen LogP contribution in [0.4, 0.5) is 0 Å². The number of rotatable bonds is 8. The van der Waals surface area contributed by atoms with Crippen molar-refractivity contribution < 1.29 is 45.2 Å². The zero-order valence-corrected chi connectivity index (χ0v) is 28.7. The van der Waals surface area contributed by atoms with Gasteiger partial charge in [0.05, 0.1) is 31.0 Å². The summed E-state index contributed by atoms with van der Waals surface area (Å²) in [5, 5.41) is 74.3. The first-order chi connectivity index (χ1) is 20.9. The van der Waals surface area contributed by atoms with Gasteiger partial charge in [0, 0.05) is 0 Å². The van der Waals surface area contributed by atoms with Gasteiger partial charge >= 0.3 is 0 Å². The lowest BCUT2D eigenvalue weighted by atomic mass is 9.35. The predicted octanol–water partition coefficient (Wildman–Crippen LogP) is 3.30. The summed E-state index contributed by atoms with van der Waals surface area (Å²) in [7, 11) is 0. The van der Waals surface area contributed by atoms with Gasteiger partial charge in [0.2, 0.25) is 0 Å². The normalized spacial score (nSPS) is 51.2. The molecule has 0 aromatic heterocycles. The van der Waals surface area contributed by atoms with Crippen LogP contribution in [0, 0.1) is 45.3 Å². The van der Waals surface area contributed by atoms with Crippen molar-refractivity contribution in [2.75, 3.05) is 13.2 Å². The minimum Gasteiger partial charge on any atom is -0.394 e. The Hall–Kier alpha value is -0.620. The van der Waals surface area contributed by atoms with Crippen LogP contribution in [-0.4, -0.2) is 97.5 Å². The van der Waals surface area contributed by atoms with Crippen LogP contribution in [-0.2, 0) is 9.47 Å². The number of aliphatic hydroxyl groups is 7. The van der Waals surface area contributed by atoms with E-state index in [0.717, 1.165) is 44.1 Å². The average Bonchev–Trinajstić information content (AvgIpc) is 3.34. The molecule has 0 bridgehead atoms. The van der Waals surface area contributed by atoms with E-state index in [4.69, 9.17) is 9.47 Å². The standard InChI is InChI=1S/C36H62O9/c1-20(18-37)9-8-14-36(7,45-31-29(43)28(42)27(41)24(19-38)44-31)22-12-16-34(5)21(22)10-11-25-33(4)15-13-26(40)32(2,3)30(33)23(39)17-35(25,34)6/h9,21-31,37-43H,8,10-19H2,1-7H3/b20-9+/t21-,22+,23+,24-,25-,26+,27-,28+,29-,30+,31+,33-,34-,35-,36-/m1/s1. The predicted molar refractivity (Wildman–Crippen MR) is 170 cm³/mol. The van der Waals surface area contributed by atoms with Crippen LogP contribution in [0.15, 0.2) is 11.6 Å². The summed E-state index contributed by atoms with van der Waals surface area (Å²) in [4.78, 5) is 0. The molecule has 9 nitrogen and oxygen atoms in total. The van der Waals surface area contributed by atoms with Crippen molar-refractivity contribution in [1.82, 2.24) is 0 Å². The van der Waals surface area contributed by atoms with Gasteiger partial charge in [-0.15, -0.1) is 0 Å². The molecule has 5 fully saturated rings. The summed E-state index contributed by atoms with van der Waals surface area (Å²) < 4.78 is 12.6. The van der Waals surface area contributed by atoms with E-state index in [9.17, 15) is 35.7 Å². The fraction of sp³-hybridized carbons (Fsp3) is 0.944. The summed E-state index contributed by atoms with van der Waals surface area (Å²) in [5.41, 5.74) is -0.542. The van der Waals surface area contributed by atoms with Gasteiger partial charge in [-0.1, -0.05) is 46.3 Å². The average molecular weight is 639 g/mol. The van der Waals surface area contributed by atoms with Gasteiger partial charge < -0.3 is 45.2 Å². The Morgan fingerprint density at radius 3 is 2.22 bits per heavy atom. The van der Waals surface area contributed by atoms with E-state index in [0.29, 0.717) is 25.2 Å². The first kappa shape index (κ1) is 35.7. The van der Waals surface area contributed by atoms with Crippen LogP contribution in [0.25, 0.3) is 0 Å². The molecule has 0 spiro atoms. The van der Waals surface area contributed by atoms with Gasteiger partial charge in [-0.3, -0.25) is 0 Å². The van der Waals surface area contributed by atoms with Crippen LogP contribution in [0.2, 0.25) is 0 Å². The van der Waals surface area contributed by atoms with E-state index in [2.05, 4.69) is 41.5 Å². The minimum absolute atomic E-state index is 0.0237. The molecule has 1 saturated heterocycles.